The number of rotatable bonds is 2. The normalized spacial score (nSPS) is 41.1. The van der Waals surface area contributed by atoms with Crippen molar-refractivity contribution in [3.8, 4) is 0 Å². The average molecular weight is 276 g/mol. The summed E-state index contributed by atoms with van der Waals surface area (Å²) in [5.74, 6) is 3.25. The molecule has 4 aliphatic rings. The average Bonchev–Trinajstić information content (AvgIpc) is 3.02. The van der Waals surface area contributed by atoms with Gasteiger partial charge in [0, 0.05) is 18.6 Å². The van der Waals surface area contributed by atoms with Crippen LogP contribution in [0.15, 0.2) is 0 Å². The highest BCUT2D eigenvalue weighted by molar-refractivity contribution is 4.97. The fraction of sp³-hybridized carbons (Fsp3) is 1.00. The summed E-state index contributed by atoms with van der Waals surface area (Å²) in [6.45, 7) is 5.38. The lowest BCUT2D eigenvalue weighted by atomic mass is 9.81. The molecule has 1 saturated heterocycles. The number of nitrogens with zero attached hydrogens (tertiary/aromatic N) is 1. The molecule has 3 atom stereocenters. The van der Waals surface area contributed by atoms with Crippen LogP contribution in [0.25, 0.3) is 0 Å². The topological polar surface area (TPSA) is 15.3 Å². The van der Waals surface area contributed by atoms with E-state index < -0.39 is 0 Å². The van der Waals surface area contributed by atoms with E-state index >= 15 is 0 Å². The maximum atomic E-state index is 3.94. The molecule has 2 heteroatoms. The third-order valence-electron chi connectivity index (χ3n) is 6.87. The van der Waals surface area contributed by atoms with Crippen molar-refractivity contribution in [1.82, 2.24) is 10.2 Å². The zero-order valence-corrected chi connectivity index (χ0v) is 13.1. The van der Waals surface area contributed by atoms with Crippen molar-refractivity contribution in [2.24, 2.45) is 17.8 Å². The van der Waals surface area contributed by atoms with E-state index in [0.717, 1.165) is 17.8 Å². The molecule has 0 aromatic heterocycles. The van der Waals surface area contributed by atoms with Gasteiger partial charge in [0.1, 0.15) is 0 Å². The Morgan fingerprint density at radius 2 is 1.90 bits per heavy atom. The number of fused-ring (bicyclic) bond motifs is 2. The Balaban J connectivity index is 1.39. The minimum atomic E-state index is 0.492. The van der Waals surface area contributed by atoms with Crippen LogP contribution in [0.5, 0.6) is 0 Å². The summed E-state index contributed by atoms with van der Waals surface area (Å²) in [6.07, 6.45) is 14.8. The van der Waals surface area contributed by atoms with Gasteiger partial charge in [0.05, 0.1) is 0 Å². The van der Waals surface area contributed by atoms with Crippen LogP contribution in [0.3, 0.4) is 0 Å². The molecule has 0 amide bonds. The third-order valence-corrected chi connectivity index (χ3v) is 6.87. The highest BCUT2D eigenvalue weighted by Gasteiger charge is 2.41. The fourth-order valence-electron chi connectivity index (χ4n) is 5.87. The van der Waals surface area contributed by atoms with Crippen LogP contribution in [0, 0.1) is 17.8 Å². The van der Waals surface area contributed by atoms with Crippen molar-refractivity contribution < 1.29 is 0 Å². The van der Waals surface area contributed by atoms with Crippen molar-refractivity contribution >= 4 is 0 Å². The molecule has 1 heterocycles. The summed E-state index contributed by atoms with van der Waals surface area (Å²) in [5.41, 5.74) is 0.492. The van der Waals surface area contributed by atoms with Crippen molar-refractivity contribution in [1.29, 1.82) is 0 Å². The smallest absolute Gasteiger partial charge is 0.0308 e. The number of hydrogen-bond donors (Lipinski definition) is 1. The van der Waals surface area contributed by atoms with Gasteiger partial charge in [0.25, 0.3) is 0 Å². The Morgan fingerprint density at radius 1 is 1.00 bits per heavy atom. The lowest BCUT2D eigenvalue weighted by Crippen LogP contribution is -2.53. The third kappa shape index (κ3) is 2.66. The molecule has 4 fully saturated rings. The van der Waals surface area contributed by atoms with Crippen LogP contribution in [-0.4, -0.2) is 36.6 Å². The van der Waals surface area contributed by atoms with E-state index in [1.807, 2.05) is 0 Å². The van der Waals surface area contributed by atoms with Crippen LogP contribution in [-0.2, 0) is 0 Å². The van der Waals surface area contributed by atoms with E-state index in [1.165, 1.54) is 64.7 Å². The first-order chi connectivity index (χ1) is 9.83. The molecule has 20 heavy (non-hydrogen) atoms. The summed E-state index contributed by atoms with van der Waals surface area (Å²) in [7, 11) is 0. The molecule has 114 valence electrons. The minimum absolute atomic E-state index is 0.492. The molecule has 3 unspecified atom stereocenters. The van der Waals surface area contributed by atoms with Crippen molar-refractivity contribution in [2.45, 2.75) is 69.7 Å². The Labute approximate surface area is 124 Å². The molecule has 0 aromatic rings. The van der Waals surface area contributed by atoms with E-state index in [-0.39, 0.29) is 0 Å². The van der Waals surface area contributed by atoms with Gasteiger partial charge in [-0.1, -0.05) is 25.7 Å². The lowest BCUT2D eigenvalue weighted by molar-refractivity contribution is 0.134. The van der Waals surface area contributed by atoms with E-state index in [2.05, 4.69) is 10.2 Å². The van der Waals surface area contributed by atoms with E-state index in [1.54, 1.807) is 25.7 Å². The molecular weight excluding hydrogens is 244 g/mol. The maximum absolute atomic E-state index is 3.94. The largest absolute Gasteiger partial charge is 0.310 e. The summed E-state index contributed by atoms with van der Waals surface area (Å²) in [6, 6.07) is 0. The predicted molar refractivity (Wildman–Crippen MR) is 83.8 cm³/mol. The molecule has 1 N–H and O–H groups in total. The summed E-state index contributed by atoms with van der Waals surface area (Å²) in [5, 5.41) is 3.94. The van der Waals surface area contributed by atoms with Gasteiger partial charge in [-0.2, -0.15) is 0 Å². The molecule has 1 spiro atoms. The molecule has 3 aliphatic carbocycles. The van der Waals surface area contributed by atoms with Crippen LogP contribution in [0.2, 0.25) is 0 Å². The van der Waals surface area contributed by atoms with Crippen LogP contribution >= 0.6 is 0 Å². The van der Waals surface area contributed by atoms with Gasteiger partial charge in [-0.3, -0.25) is 0 Å². The SMILES string of the molecule is C1CCC2(CC1)CN(CC1CC3CCC1C3)CCCN2. The van der Waals surface area contributed by atoms with Crippen LogP contribution in [0.1, 0.15) is 64.2 Å². The lowest BCUT2D eigenvalue weighted by Gasteiger charge is -2.41. The van der Waals surface area contributed by atoms with Crippen molar-refractivity contribution in [2.75, 3.05) is 26.2 Å². The second-order valence-corrected chi connectivity index (χ2v) is 8.29. The second kappa shape index (κ2) is 5.61. The molecule has 0 radical (unpaired) electrons. The molecule has 2 nitrogen and oxygen atoms in total. The Bertz CT molecular complexity index is 334. The van der Waals surface area contributed by atoms with E-state index in [0.29, 0.717) is 5.54 Å². The minimum Gasteiger partial charge on any atom is -0.310 e. The predicted octanol–water partition coefficient (Wildman–Crippen LogP) is 3.42. The number of nitrogens with one attached hydrogen (secondary N) is 1. The van der Waals surface area contributed by atoms with Gasteiger partial charge in [-0.05, 0) is 69.4 Å². The van der Waals surface area contributed by atoms with Gasteiger partial charge < -0.3 is 10.2 Å². The van der Waals surface area contributed by atoms with E-state index in [9.17, 15) is 0 Å². The molecule has 0 aromatic carbocycles. The maximum Gasteiger partial charge on any atom is 0.0308 e. The Hall–Kier alpha value is -0.0800. The van der Waals surface area contributed by atoms with Crippen LogP contribution in [0.4, 0.5) is 0 Å². The van der Waals surface area contributed by atoms with Gasteiger partial charge in [0.15, 0.2) is 0 Å². The van der Waals surface area contributed by atoms with Gasteiger partial charge >= 0.3 is 0 Å². The molecular formula is C18H32N2. The zero-order valence-electron chi connectivity index (χ0n) is 13.1. The first kappa shape index (κ1) is 13.6. The highest BCUT2D eigenvalue weighted by atomic mass is 15.2. The fourth-order valence-corrected chi connectivity index (χ4v) is 5.87. The van der Waals surface area contributed by atoms with Gasteiger partial charge in [0.2, 0.25) is 0 Å². The first-order valence-corrected chi connectivity index (χ1v) is 9.30. The molecule has 1 aliphatic heterocycles. The van der Waals surface area contributed by atoms with E-state index in [4.69, 9.17) is 0 Å². The van der Waals surface area contributed by atoms with Crippen molar-refractivity contribution in [3.63, 3.8) is 0 Å². The monoisotopic (exact) mass is 276 g/mol. The quantitative estimate of drug-likeness (QED) is 0.831. The Kier molecular flexibility index (Phi) is 3.80. The van der Waals surface area contributed by atoms with Crippen molar-refractivity contribution in [3.05, 3.63) is 0 Å². The number of hydrogen-bond acceptors (Lipinski definition) is 2. The molecule has 2 bridgehead atoms. The molecule has 3 saturated carbocycles. The van der Waals surface area contributed by atoms with Gasteiger partial charge in [-0.25, -0.2) is 0 Å². The summed E-state index contributed by atoms with van der Waals surface area (Å²) >= 11 is 0. The zero-order chi connectivity index (χ0) is 13.4. The second-order valence-electron chi connectivity index (χ2n) is 8.29. The van der Waals surface area contributed by atoms with Crippen LogP contribution < -0.4 is 5.32 Å². The standard InChI is InChI=1S/C18H32N2/c1-2-7-18(8-3-1)14-20(10-4-9-19-18)13-17-12-15-5-6-16(17)11-15/h15-17,19H,1-14H2. The Morgan fingerprint density at radius 3 is 2.65 bits per heavy atom. The summed E-state index contributed by atoms with van der Waals surface area (Å²) in [4.78, 5) is 2.86. The highest BCUT2D eigenvalue weighted by Crippen LogP contribution is 2.48. The first-order valence-electron chi connectivity index (χ1n) is 9.30. The summed E-state index contributed by atoms with van der Waals surface area (Å²) < 4.78 is 0. The molecule has 4 rings (SSSR count). The van der Waals surface area contributed by atoms with Gasteiger partial charge in [-0.15, -0.1) is 0 Å².